The zero-order chi connectivity index (χ0) is 16.9. The minimum Gasteiger partial charge on any atom is -0.393 e. The van der Waals surface area contributed by atoms with E-state index in [0.717, 1.165) is 38.5 Å². The summed E-state index contributed by atoms with van der Waals surface area (Å²) in [6, 6.07) is 0. The fourth-order valence-electron chi connectivity index (χ4n) is 8.18. The summed E-state index contributed by atoms with van der Waals surface area (Å²) < 4.78 is 6.75. The van der Waals surface area contributed by atoms with E-state index in [1.807, 2.05) is 0 Å². The van der Waals surface area contributed by atoms with Crippen molar-refractivity contribution >= 4 is 5.78 Å². The van der Waals surface area contributed by atoms with Crippen molar-refractivity contribution in [2.75, 3.05) is 0 Å². The Morgan fingerprint density at radius 2 is 2.08 bits per heavy atom. The summed E-state index contributed by atoms with van der Waals surface area (Å²) in [6.45, 7) is 6.47. The van der Waals surface area contributed by atoms with E-state index in [4.69, 9.17) is 4.74 Å². The quantitative estimate of drug-likeness (QED) is 0.747. The van der Waals surface area contributed by atoms with E-state index in [1.54, 1.807) is 6.92 Å². The van der Waals surface area contributed by atoms with Crippen LogP contribution < -0.4 is 0 Å². The van der Waals surface area contributed by atoms with Gasteiger partial charge in [-0.05, 0) is 81.6 Å². The SMILES string of the molecule is CC(=O)[C@H]1CCC2C3CC=C4C[C@@H](O)CC[C@@]45O[C@@](C)(C[C@@]21C)C35. The van der Waals surface area contributed by atoms with Gasteiger partial charge >= 0.3 is 0 Å². The average Bonchev–Trinajstić information content (AvgIpc) is 2.82. The first kappa shape index (κ1) is 15.6. The Balaban J connectivity index is 1.56. The number of allylic oxidation sites excluding steroid dienone is 1. The topological polar surface area (TPSA) is 46.5 Å². The van der Waals surface area contributed by atoms with Gasteiger partial charge in [-0.1, -0.05) is 13.0 Å². The summed E-state index contributed by atoms with van der Waals surface area (Å²) in [5.41, 5.74) is 1.34. The molecule has 3 saturated carbocycles. The number of aliphatic hydroxyl groups excluding tert-OH is 1. The number of hydrogen-bond acceptors (Lipinski definition) is 3. The van der Waals surface area contributed by atoms with Gasteiger partial charge in [0.15, 0.2) is 0 Å². The molecule has 1 heterocycles. The number of carbonyl (C=O) groups excluding carboxylic acids is 1. The normalized spacial score (nSPS) is 58.0. The fraction of sp³-hybridized carbons (Fsp3) is 0.857. The van der Waals surface area contributed by atoms with Crippen LogP contribution in [0, 0.1) is 29.1 Å². The molecular formula is C21H30O3. The van der Waals surface area contributed by atoms with Crippen molar-refractivity contribution in [2.24, 2.45) is 29.1 Å². The van der Waals surface area contributed by atoms with Gasteiger partial charge in [-0.2, -0.15) is 0 Å². The number of aliphatic hydroxyl groups is 1. The highest BCUT2D eigenvalue weighted by atomic mass is 16.6. The van der Waals surface area contributed by atoms with E-state index >= 15 is 0 Å². The molecule has 3 heteroatoms. The van der Waals surface area contributed by atoms with Gasteiger partial charge in [-0.25, -0.2) is 0 Å². The van der Waals surface area contributed by atoms with E-state index in [-0.39, 0.29) is 28.6 Å². The monoisotopic (exact) mass is 330 g/mol. The first-order valence-corrected chi connectivity index (χ1v) is 9.88. The molecule has 8 atom stereocenters. The molecule has 4 fully saturated rings. The molecular weight excluding hydrogens is 300 g/mol. The molecule has 3 nitrogen and oxygen atoms in total. The smallest absolute Gasteiger partial charge is 0.133 e. The molecule has 0 aromatic heterocycles. The van der Waals surface area contributed by atoms with E-state index in [9.17, 15) is 9.90 Å². The maximum atomic E-state index is 12.3. The van der Waals surface area contributed by atoms with Crippen molar-refractivity contribution < 1.29 is 14.6 Å². The number of fused-ring (bicyclic) bond motifs is 2. The third-order valence-electron chi connectivity index (χ3n) is 8.64. The zero-order valence-corrected chi connectivity index (χ0v) is 15.2. The second-order valence-electron chi connectivity index (χ2n) is 9.84. The fourth-order valence-corrected chi connectivity index (χ4v) is 8.18. The summed E-state index contributed by atoms with van der Waals surface area (Å²) in [4.78, 5) is 12.3. The lowest BCUT2D eigenvalue weighted by Crippen LogP contribution is -2.76. The van der Waals surface area contributed by atoms with Gasteiger partial charge in [-0.15, -0.1) is 0 Å². The lowest BCUT2D eigenvalue weighted by molar-refractivity contribution is -0.362. The molecule has 0 amide bonds. The highest BCUT2D eigenvalue weighted by molar-refractivity contribution is 5.79. The Hall–Kier alpha value is -0.670. The summed E-state index contributed by atoms with van der Waals surface area (Å²) in [5, 5.41) is 10.1. The number of Topliss-reactive ketones (excluding diaryl/α,β-unsaturated/α-hetero) is 1. The van der Waals surface area contributed by atoms with Crippen LogP contribution >= 0.6 is 0 Å². The van der Waals surface area contributed by atoms with Gasteiger partial charge in [0.25, 0.3) is 0 Å². The van der Waals surface area contributed by atoms with Crippen molar-refractivity contribution in [1.82, 2.24) is 0 Å². The number of rotatable bonds is 1. The van der Waals surface area contributed by atoms with Crippen LogP contribution in [0.1, 0.15) is 65.7 Å². The molecule has 1 spiro atoms. The van der Waals surface area contributed by atoms with E-state index in [0.29, 0.717) is 23.5 Å². The van der Waals surface area contributed by atoms with E-state index in [1.165, 1.54) is 12.0 Å². The maximum absolute atomic E-state index is 12.3. The Kier molecular flexibility index (Phi) is 2.94. The van der Waals surface area contributed by atoms with Crippen LogP contribution in [0.3, 0.4) is 0 Å². The summed E-state index contributed by atoms with van der Waals surface area (Å²) in [5.74, 6) is 2.52. The Labute approximate surface area is 144 Å². The van der Waals surface area contributed by atoms with Crippen LogP contribution in [0.15, 0.2) is 11.6 Å². The lowest BCUT2D eigenvalue weighted by Gasteiger charge is -2.73. The van der Waals surface area contributed by atoms with Gasteiger partial charge in [0.05, 0.1) is 17.3 Å². The van der Waals surface area contributed by atoms with Crippen LogP contribution in [0.2, 0.25) is 0 Å². The minimum absolute atomic E-state index is 0.0737. The Morgan fingerprint density at radius 3 is 2.83 bits per heavy atom. The standard InChI is InChI=1S/C21H30O3/c1-12(22)16-6-7-17-15-5-4-13-10-14(23)8-9-21(13)18(15)20(3,24-21)11-19(16,17)2/h4,14-18,23H,5-11H2,1-3H3/t14-,15?,16+,17?,18?,19+,20-,21+/m0/s1. The van der Waals surface area contributed by atoms with E-state index in [2.05, 4.69) is 19.9 Å². The van der Waals surface area contributed by atoms with Crippen molar-refractivity contribution in [3.63, 3.8) is 0 Å². The summed E-state index contributed by atoms with van der Waals surface area (Å²) >= 11 is 0. The van der Waals surface area contributed by atoms with Crippen LogP contribution in [0.5, 0.6) is 0 Å². The van der Waals surface area contributed by atoms with Crippen LogP contribution in [-0.4, -0.2) is 28.2 Å². The minimum atomic E-state index is -0.184. The van der Waals surface area contributed by atoms with E-state index < -0.39 is 0 Å². The molecule has 24 heavy (non-hydrogen) atoms. The molecule has 3 unspecified atom stereocenters. The number of carbonyl (C=O) groups is 1. The van der Waals surface area contributed by atoms with Crippen molar-refractivity contribution in [3.05, 3.63) is 11.6 Å². The summed E-state index contributed by atoms with van der Waals surface area (Å²) in [7, 11) is 0. The molecule has 5 rings (SSSR count). The Bertz CT molecular complexity index is 639. The van der Waals surface area contributed by atoms with Gasteiger partial charge in [-0.3, -0.25) is 4.79 Å². The molecule has 1 saturated heterocycles. The van der Waals surface area contributed by atoms with Crippen LogP contribution in [0.25, 0.3) is 0 Å². The second-order valence-corrected chi connectivity index (χ2v) is 9.84. The van der Waals surface area contributed by atoms with Crippen LogP contribution in [-0.2, 0) is 9.53 Å². The third-order valence-corrected chi connectivity index (χ3v) is 8.64. The van der Waals surface area contributed by atoms with Crippen molar-refractivity contribution in [1.29, 1.82) is 0 Å². The van der Waals surface area contributed by atoms with Gasteiger partial charge in [0, 0.05) is 11.8 Å². The van der Waals surface area contributed by atoms with Gasteiger partial charge < -0.3 is 9.84 Å². The zero-order valence-electron chi connectivity index (χ0n) is 15.2. The van der Waals surface area contributed by atoms with Crippen molar-refractivity contribution in [2.45, 2.75) is 83.0 Å². The van der Waals surface area contributed by atoms with Gasteiger partial charge in [0.1, 0.15) is 5.78 Å². The maximum Gasteiger partial charge on any atom is 0.133 e. The van der Waals surface area contributed by atoms with Crippen LogP contribution in [0.4, 0.5) is 0 Å². The first-order chi connectivity index (χ1) is 11.3. The third kappa shape index (κ3) is 1.64. The Morgan fingerprint density at radius 1 is 1.29 bits per heavy atom. The molecule has 5 aliphatic rings. The number of hydrogen-bond donors (Lipinski definition) is 1. The molecule has 4 aliphatic carbocycles. The van der Waals surface area contributed by atoms with Gasteiger partial charge in [0.2, 0.25) is 0 Å². The average molecular weight is 330 g/mol. The van der Waals surface area contributed by atoms with Crippen molar-refractivity contribution in [3.8, 4) is 0 Å². The molecule has 0 radical (unpaired) electrons. The first-order valence-electron chi connectivity index (χ1n) is 9.88. The molecule has 132 valence electrons. The molecule has 1 aliphatic heterocycles. The number of ether oxygens (including phenoxy) is 1. The predicted molar refractivity (Wildman–Crippen MR) is 91.4 cm³/mol. The highest BCUT2D eigenvalue weighted by Gasteiger charge is 2.74. The largest absolute Gasteiger partial charge is 0.393 e. The highest BCUT2D eigenvalue weighted by Crippen LogP contribution is 2.73. The summed E-state index contributed by atoms with van der Waals surface area (Å²) in [6.07, 6.45) is 9.30. The molecule has 0 aromatic carbocycles. The number of ketones is 1. The molecule has 0 aromatic rings. The molecule has 0 bridgehead atoms. The predicted octanol–water partition coefficient (Wildman–Crippen LogP) is 3.65. The molecule has 1 N–H and O–H groups in total. The lowest BCUT2D eigenvalue weighted by atomic mass is 9.42. The second kappa shape index (κ2) is 4.54.